The van der Waals surface area contributed by atoms with Crippen molar-refractivity contribution < 1.29 is 17.9 Å². The van der Waals surface area contributed by atoms with E-state index in [2.05, 4.69) is 15.0 Å². The van der Waals surface area contributed by atoms with Gasteiger partial charge >= 0.3 is 10.2 Å². The minimum absolute atomic E-state index is 0.0177. The van der Waals surface area contributed by atoms with Gasteiger partial charge in [0.05, 0.1) is 37.1 Å². The molecule has 2 aliphatic heterocycles. The molecule has 3 aromatic rings. The maximum absolute atomic E-state index is 12.8. The number of hydrogen-bond acceptors (Lipinski definition) is 6. The van der Waals surface area contributed by atoms with Crippen LogP contribution in [0.15, 0.2) is 54.6 Å². The lowest BCUT2D eigenvalue weighted by Crippen LogP contribution is -2.44. The Morgan fingerprint density at radius 1 is 1.19 bits per heavy atom. The number of benzene rings is 2. The minimum atomic E-state index is -3.61. The summed E-state index contributed by atoms with van der Waals surface area (Å²) in [5, 5.41) is 4.17. The van der Waals surface area contributed by atoms with Gasteiger partial charge in [0.15, 0.2) is 0 Å². The molecule has 9 heteroatoms. The van der Waals surface area contributed by atoms with Crippen molar-refractivity contribution in [3.8, 4) is 5.75 Å². The summed E-state index contributed by atoms with van der Waals surface area (Å²) in [4.78, 5) is 4.64. The van der Waals surface area contributed by atoms with Crippen molar-refractivity contribution in [2.75, 3.05) is 30.3 Å². The fourth-order valence-electron chi connectivity index (χ4n) is 4.19. The van der Waals surface area contributed by atoms with Gasteiger partial charge in [-0.15, -0.1) is 0 Å². The largest absolute Gasteiger partial charge is 0.496 e. The third-order valence-electron chi connectivity index (χ3n) is 5.75. The first kappa shape index (κ1) is 20.0. The van der Waals surface area contributed by atoms with Gasteiger partial charge in [-0.25, -0.2) is 4.98 Å². The van der Waals surface area contributed by atoms with Crippen LogP contribution in [0.4, 0.5) is 11.5 Å². The number of anilines is 2. The lowest BCUT2D eigenvalue weighted by atomic mass is 10.2. The molecule has 2 atom stereocenters. The van der Waals surface area contributed by atoms with E-state index >= 15 is 0 Å². The van der Waals surface area contributed by atoms with E-state index in [4.69, 9.17) is 9.47 Å². The van der Waals surface area contributed by atoms with E-state index in [-0.39, 0.29) is 12.1 Å². The summed E-state index contributed by atoms with van der Waals surface area (Å²) in [6.45, 7) is 1.47. The van der Waals surface area contributed by atoms with E-state index < -0.39 is 10.2 Å². The van der Waals surface area contributed by atoms with E-state index in [0.717, 1.165) is 34.5 Å². The van der Waals surface area contributed by atoms with Gasteiger partial charge in [0, 0.05) is 24.0 Å². The lowest BCUT2D eigenvalue weighted by Gasteiger charge is -2.26. The first-order chi connectivity index (χ1) is 15.0. The predicted octanol–water partition coefficient (Wildman–Crippen LogP) is 2.99. The number of hydrogen-bond donors (Lipinski definition) is 2. The second-order valence-electron chi connectivity index (χ2n) is 7.79. The molecule has 8 nitrogen and oxygen atoms in total. The van der Waals surface area contributed by atoms with Gasteiger partial charge in [0.25, 0.3) is 0 Å². The molecule has 2 fully saturated rings. The van der Waals surface area contributed by atoms with Crippen LogP contribution in [0.25, 0.3) is 10.9 Å². The number of pyridine rings is 1. The van der Waals surface area contributed by atoms with E-state index in [9.17, 15) is 8.42 Å². The monoisotopic (exact) mass is 440 g/mol. The van der Waals surface area contributed by atoms with Gasteiger partial charge < -0.3 is 14.8 Å². The predicted molar refractivity (Wildman–Crippen MR) is 119 cm³/mol. The summed E-state index contributed by atoms with van der Waals surface area (Å²) in [6.07, 6.45) is 0.789. The molecule has 0 amide bonds. The Kier molecular flexibility index (Phi) is 5.17. The molecule has 2 saturated heterocycles. The molecule has 1 aromatic heterocycles. The topological polar surface area (TPSA) is 92.8 Å². The molecule has 2 bridgehead atoms. The smallest absolute Gasteiger partial charge is 0.302 e. The standard InChI is InChI=1S/C22H24N4O4S/c1-29-21-5-3-2-4-16(21)12-23-22-9-6-15-10-17(7-8-20(15)24-22)25-31(27,28)26-13-19-11-18(26)14-30-19/h2-10,18-19,25H,11-14H2,1H3,(H,23,24)/t18-,19-/m0/s1. The first-order valence-electron chi connectivity index (χ1n) is 10.2. The van der Waals surface area contributed by atoms with E-state index in [1.807, 2.05) is 42.5 Å². The van der Waals surface area contributed by atoms with Gasteiger partial charge in [0.2, 0.25) is 0 Å². The summed E-state index contributed by atoms with van der Waals surface area (Å²) in [6, 6.07) is 16.9. The van der Waals surface area contributed by atoms with Gasteiger partial charge in [-0.1, -0.05) is 18.2 Å². The fourth-order valence-corrected chi connectivity index (χ4v) is 5.63. The number of para-hydroxylation sites is 1. The lowest BCUT2D eigenvalue weighted by molar-refractivity contribution is 0.0611. The molecule has 2 aliphatic rings. The first-order valence-corrected chi connectivity index (χ1v) is 11.6. The number of morpholine rings is 1. The number of nitrogens with zero attached hydrogens (tertiary/aromatic N) is 2. The molecule has 0 aliphatic carbocycles. The van der Waals surface area contributed by atoms with Crippen LogP contribution in [-0.4, -0.2) is 50.1 Å². The Bertz CT molecular complexity index is 1220. The Balaban J connectivity index is 1.30. The molecule has 2 N–H and O–H groups in total. The SMILES string of the molecule is COc1ccccc1CNc1ccc2cc(NS(=O)(=O)N3C[C@@H]4C[C@H]3CO4)ccc2n1. The highest BCUT2D eigenvalue weighted by Crippen LogP contribution is 2.31. The van der Waals surface area contributed by atoms with Crippen LogP contribution < -0.4 is 14.8 Å². The van der Waals surface area contributed by atoms with Crippen LogP contribution in [-0.2, 0) is 21.5 Å². The fraction of sp³-hybridized carbons (Fsp3) is 0.318. The highest BCUT2D eigenvalue weighted by atomic mass is 32.2. The summed E-state index contributed by atoms with van der Waals surface area (Å²) in [7, 11) is -1.95. The Morgan fingerprint density at radius 3 is 2.84 bits per heavy atom. The van der Waals surface area contributed by atoms with E-state index in [0.29, 0.717) is 25.4 Å². The zero-order chi connectivity index (χ0) is 21.4. The third-order valence-corrected chi connectivity index (χ3v) is 7.31. The van der Waals surface area contributed by atoms with Crippen LogP contribution >= 0.6 is 0 Å². The van der Waals surface area contributed by atoms with Crippen molar-refractivity contribution in [1.82, 2.24) is 9.29 Å². The second-order valence-corrected chi connectivity index (χ2v) is 9.41. The quantitative estimate of drug-likeness (QED) is 0.587. The number of rotatable bonds is 7. The molecule has 0 radical (unpaired) electrons. The third kappa shape index (κ3) is 4.04. The number of fused-ring (bicyclic) bond motifs is 3. The van der Waals surface area contributed by atoms with Crippen molar-refractivity contribution in [3.63, 3.8) is 0 Å². The summed E-state index contributed by atoms with van der Waals surface area (Å²) in [5.74, 6) is 1.56. The van der Waals surface area contributed by atoms with Gasteiger partial charge in [-0.05, 0) is 42.8 Å². The van der Waals surface area contributed by atoms with Crippen LogP contribution in [0, 0.1) is 0 Å². The molecule has 3 heterocycles. The maximum Gasteiger partial charge on any atom is 0.302 e. The summed E-state index contributed by atoms with van der Waals surface area (Å²) >= 11 is 0. The summed E-state index contributed by atoms with van der Waals surface area (Å²) < 4.78 is 40.6. The van der Waals surface area contributed by atoms with Gasteiger partial charge in [-0.2, -0.15) is 12.7 Å². The number of nitrogens with one attached hydrogen (secondary N) is 2. The molecular formula is C22H24N4O4S. The van der Waals surface area contributed by atoms with Crippen molar-refractivity contribution >= 4 is 32.6 Å². The minimum Gasteiger partial charge on any atom is -0.496 e. The molecule has 0 unspecified atom stereocenters. The summed E-state index contributed by atoms with van der Waals surface area (Å²) in [5.41, 5.74) is 2.34. The normalized spacial score (nSPS) is 20.8. The van der Waals surface area contributed by atoms with Crippen LogP contribution in [0.3, 0.4) is 0 Å². The van der Waals surface area contributed by atoms with E-state index in [1.165, 1.54) is 4.31 Å². The second kappa shape index (κ2) is 7.99. The average molecular weight is 441 g/mol. The van der Waals surface area contributed by atoms with E-state index in [1.54, 1.807) is 19.2 Å². The van der Waals surface area contributed by atoms with Crippen molar-refractivity contribution in [2.45, 2.75) is 25.1 Å². The Morgan fingerprint density at radius 2 is 2.06 bits per heavy atom. The van der Waals surface area contributed by atoms with Crippen LogP contribution in [0.1, 0.15) is 12.0 Å². The van der Waals surface area contributed by atoms with Crippen LogP contribution in [0.2, 0.25) is 0 Å². The van der Waals surface area contributed by atoms with Crippen LogP contribution in [0.5, 0.6) is 5.75 Å². The molecule has 31 heavy (non-hydrogen) atoms. The molecule has 5 rings (SSSR count). The molecule has 0 spiro atoms. The number of aromatic nitrogens is 1. The van der Waals surface area contributed by atoms with Gasteiger partial charge in [0.1, 0.15) is 11.6 Å². The highest BCUT2D eigenvalue weighted by molar-refractivity contribution is 7.90. The zero-order valence-electron chi connectivity index (χ0n) is 17.1. The number of methoxy groups -OCH3 is 1. The molecule has 162 valence electrons. The molecule has 0 saturated carbocycles. The maximum atomic E-state index is 12.8. The van der Waals surface area contributed by atoms with Gasteiger partial charge in [-0.3, -0.25) is 4.72 Å². The number of ether oxygens (including phenoxy) is 2. The highest BCUT2D eigenvalue weighted by Gasteiger charge is 2.45. The van der Waals surface area contributed by atoms with Crippen molar-refractivity contribution in [3.05, 3.63) is 60.2 Å². The Hall–Kier alpha value is -2.88. The van der Waals surface area contributed by atoms with Crippen molar-refractivity contribution in [1.29, 1.82) is 0 Å². The average Bonchev–Trinajstić information content (AvgIpc) is 3.42. The van der Waals surface area contributed by atoms with Crippen molar-refractivity contribution in [2.24, 2.45) is 0 Å². The Labute approximate surface area is 181 Å². The molecular weight excluding hydrogens is 416 g/mol. The zero-order valence-corrected chi connectivity index (χ0v) is 17.9. The molecule has 2 aromatic carbocycles.